The molecule has 0 saturated carbocycles. The van der Waals surface area contributed by atoms with Gasteiger partial charge >= 0.3 is 59.1 Å². The summed E-state index contributed by atoms with van der Waals surface area (Å²) < 4.78 is 55.2. The standard InChI is InChI=1S/C4H11N.2Na.H2O6S2/c1-3-5-4-2;;;1-7(2,3)8(4,5)6/h5H,3-4H2,1-2H3;;;(H,1,2,3)(H,4,5,6)/q;2*+1;/p-2. The second kappa shape index (κ2) is 12.2. The van der Waals surface area contributed by atoms with E-state index in [-0.39, 0.29) is 59.1 Å². The van der Waals surface area contributed by atoms with Crippen molar-refractivity contribution >= 4 is 18.3 Å². The topological polar surface area (TPSA) is 126 Å². The summed E-state index contributed by atoms with van der Waals surface area (Å²) in [6.07, 6.45) is 0. The minimum absolute atomic E-state index is 0. The van der Waals surface area contributed by atoms with E-state index in [2.05, 4.69) is 19.2 Å². The SMILES string of the molecule is CCNCC.O=S(=O)([O-])S(=O)(=O)[O-].[Na+].[Na+]. The first-order valence-corrected chi connectivity index (χ1v) is 6.62. The second-order valence-corrected chi connectivity index (χ2v) is 5.86. The van der Waals surface area contributed by atoms with Crippen LogP contribution in [-0.4, -0.2) is 39.0 Å². The van der Waals surface area contributed by atoms with Crippen molar-refractivity contribution in [3.05, 3.63) is 0 Å². The minimum atomic E-state index is -5.67. The Hall–Kier alpha value is 1.78. The van der Waals surface area contributed by atoms with Crippen LogP contribution in [0, 0.1) is 0 Å². The quantitative estimate of drug-likeness (QED) is 0.309. The Kier molecular flexibility index (Phi) is 20.9. The van der Waals surface area contributed by atoms with E-state index in [0.29, 0.717) is 0 Å². The molecule has 0 aliphatic carbocycles. The molecule has 0 saturated heterocycles. The molecule has 0 rings (SSSR count). The zero-order valence-electron chi connectivity index (χ0n) is 9.18. The van der Waals surface area contributed by atoms with Crippen molar-refractivity contribution in [2.24, 2.45) is 0 Å². The molecule has 0 aliphatic heterocycles. The maximum atomic E-state index is 9.20. The van der Waals surface area contributed by atoms with Gasteiger partial charge in [-0.3, -0.25) is 0 Å². The van der Waals surface area contributed by atoms with Crippen LogP contribution >= 0.6 is 0 Å². The smallest absolute Gasteiger partial charge is 0.736 e. The van der Waals surface area contributed by atoms with Gasteiger partial charge in [-0.25, -0.2) is 16.8 Å². The maximum Gasteiger partial charge on any atom is 1.00 e. The van der Waals surface area contributed by atoms with Gasteiger partial charge in [-0.05, 0) is 13.1 Å². The van der Waals surface area contributed by atoms with Crippen molar-refractivity contribution in [2.75, 3.05) is 13.1 Å². The molecule has 0 spiro atoms. The van der Waals surface area contributed by atoms with Gasteiger partial charge in [-0.2, -0.15) is 0 Å². The molecule has 0 atom stereocenters. The Morgan fingerprint density at radius 3 is 1.07 bits per heavy atom. The van der Waals surface area contributed by atoms with E-state index < -0.39 is 18.3 Å². The predicted octanol–water partition coefficient (Wildman–Crippen LogP) is -7.38. The van der Waals surface area contributed by atoms with Gasteiger partial charge < -0.3 is 14.4 Å². The number of nitrogens with one attached hydrogen (secondary N) is 1. The van der Waals surface area contributed by atoms with Crippen LogP contribution in [0.25, 0.3) is 0 Å². The van der Waals surface area contributed by atoms with Crippen LogP contribution in [0.2, 0.25) is 0 Å². The molecule has 15 heavy (non-hydrogen) atoms. The summed E-state index contributed by atoms with van der Waals surface area (Å²) in [5.41, 5.74) is 0. The second-order valence-electron chi connectivity index (χ2n) is 1.77. The minimum Gasteiger partial charge on any atom is -0.736 e. The van der Waals surface area contributed by atoms with Crippen LogP contribution in [0.5, 0.6) is 0 Å². The summed E-state index contributed by atoms with van der Waals surface area (Å²) >= 11 is 0. The van der Waals surface area contributed by atoms with Gasteiger partial charge in [-0.15, -0.1) is 0 Å². The van der Waals surface area contributed by atoms with Crippen LogP contribution in [0.15, 0.2) is 0 Å². The first-order chi connectivity index (χ1) is 5.66. The normalized spacial score (nSPS) is 10.1. The monoisotopic (exact) mass is 279 g/mol. The third kappa shape index (κ3) is 18.3. The Labute approximate surface area is 134 Å². The van der Waals surface area contributed by atoms with E-state index in [1.807, 2.05) is 0 Å². The van der Waals surface area contributed by atoms with Crippen molar-refractivity contribution in [2.45, 2.75) is 13.8 Å². The molecule has 0 aromatic rings. The molecule has 0 amide bonds. The first kappa shape index (κ1) is 25.6. The molecule has 0 fully saturated rings. The van der Waals surface area contributed by atoms with Crippen LogP contribution in [-0.2, 0) is 18.3 Å². The summed E-state index contributed by atoms with van der Waals surface area (Å²) in [6, 6.07) is 0. The molecule has 0 aromatic carbocycles. The van der Waals surface area contributed by atoms with Gasteiger partial charge in [0.15, 0.2) is 18.3 Å². The van der Waals surface area contributed by atoms with Gasteiger partial charge in [0.1, 0.15) is 0 Å². The summed E-state index contributed by atoms with van der Waals surface area (Å²) in [6.45, 7) is 6.39. The van der Waals surface area contributed by atoms with E-state index >= 15 is 0 Å². The van der Waals surface area contributed by atoms with Gasteiger partial charge in [0, 0.05) is 0 Å². The molecule has 82 valence electrons. The molecule has 0 heterocycles. The zero-order chi connectivity index (χ0) is 11.1. The van der Waals surface area contributed by atoms with Crippen molar-refractivity contribution in [1.82, 2.24) is 5.32 Å². The predicted molar refractivity (Wildman–Crippen MR) is 43.6 cm³/mol. The summed E-state index contributed by atoms with van der Waals surface area (Å²) in [7, 11) is -11.3. The van der Waals surface area contributed by atoms with Gasteiger partial charge in [0.2, 0.25) is 0 Å². The molecule has 0 bridgehead atoms. The number of rotatable bonds is 3. The third-order valence-corrected chi connectivity index (χ3v) is 2.75. The molecule has 11 heteroatoms. The first-order valence-electron chi connectivity index (χ1n) is 3.29. The van der Waals surface area contributed by atoms with Crippen molar-refractivity contribution in [1.29, 1.82) is 0 Å². The molecule has 7 nitrogen and oxygen atoms in total. The summed E-state index contributed by atoms with van der Waals surface area (Å²) in [5, 5.41) is 3.11. The fourth-order valence-electron chi connectivity index (χ4n) is 0.250. The summed E-state index contributed by atoms with van der Waals surface area (Å²) in [5.74, 6) is 0. The van der Waals surface area contributed by atoms with Gasteiger partial charge in [-0.1, -0.05) is 13.8 Å². The number of hydrogen-bond donors (Lipinski definition) is 1. The molecular weight excluding hydrogens is 268 g/mol. The molecule has 0 aliphatic rings. The Balaban J connectivity index is -0.0000000770. The number of hydrogen-bond acceptors (Lipinski definition) is 7. The van der Waals surface area contributed by atoms with Crippen LogP contribution < -0.4 is 64.4 Å². The van der Waals surface area contributed by atoms with Gasteiger partial charge in [0.05, 0.1) is 0 Å². The maximum absolute atomic E-state index is 9.20. The molecule has 0 radical (unpaired) electrons. The van der Waals surface area contributed by atoms with E-state index in [4.69, 9.17) is 0 Å². The molecule has 1 N–H and O–H groups in total. The van der Waals surface area contributed by atoms with E-state index in [1.165, 1.54) is 0 Å². The molecule has 0 unspecified atom stereocenters. The van der Waals surface area contributed by atoms with Crippen LogP contribution in [0.3, 0.4) is 0 Å². The Morgan fingerprint density at radius 2 is 1.07 bits per heavy atom. The van der Waals surface area contributed by atoms with E-state index in [0.717, 1.165) is 13.1 Å². The van der Waals surface area contributed by atoms with Crippen molar-refractivity contribution in [3.8, 4) is 0 Å². The van der Waals surface area contributed by atoms with Gasteiger partial charge in [0.25, 0.3) is 0 Å². The molecule has 0 aromatic heterocycles. The average Bonchev–Trinajstić information content (AvgIpc) is 1.85. The fraction of sp³-hybridized carbons (Fsp3) is 1.00. The fourth-order valence-corrected chi connectivity index (χ4v) is 0.250. The zero-order valence-corrected chi connectivity index (χ0v) is 14.8. The Morgan fingerprint density at radius 1 is 0.867 bits per heavy atom. The van der Waals surface area contributed by atoms with Crippen molar-refractivity contribution < 1.29 is 85.1 Å². The van der Waals surface area contributed by atoms with Crippen molar-refractivity contribution in [3.63, 3.8) is 0 Å². The van der Waals surface area contributed by atoms with E-state index in [9.17, 15) is 25.9 Å². The molecular formula is C4H11NNa2O6S2. The van der Waals surface area contributed by atoms with E-state index in [1.54, 1.807) is 0 Å². The van der Waals surface area contributed by atoms with Crippen LogP contribution in [0.1, 0.15) is 13.8 Å². The third-order valence-electron chi connectivity index (χ3n) is 0.750. The average molecular weight is 279 g/mol. The summed E-state index contributed by atoms with van der Waals surface area (Å²) in [4.78, 5) is 0. The van der Waals surface area contributed by atoms with Crippen LogP contribution in [0.4, 0.5) is 0 Å². The largest absolute Gasteiger partial charge is 1.00 e. The Bertz CT molecular complexity index is 280.